The molecule has 2 aromatic carbocycles. The van der Waals surface area contributed by atoms with Crippen LogP contribution in [0.4, 0.5) is 5.69 Å². The number of hydrogen-bond donors (Lipinski definition) is 2. The molecule has 0 atom stereocenters. The molecule has 1 fully saturated rings. The first kappa shape index (κ1) is 22.4. The van der Waals surface area contributed by atoms with Crippen molar-refractivity contribution in [1.29, 1.82) is 0 Å². The van der Waals surface area contributed by atoms with Gasteiger partial charge in [0.05, 0.1) is 32.0 Å². The summed E-state index contributed by atoms with van der Waals surface area (Å²) in [6.07, 6.45) is 3.29. The number of carbonyl (C=O) groups excluding carboxylic acids is 2. The predicted octanol–water partition coefficient (Wildman–Crippen LogP) is 5.25. The van der Waals surface area contributed by atoms with E-state index in [-0.39, 0.29) is 44.0 Å². The third-order valence-electron chi connectivity index (χ3n) is 4.96. The lowest BCUT2D eigenvalue weighted by molar-refractivity contribution is 0.0949. The highest BCUT2D eigenvalue weighted by Gasteiger charge is 2.24. The minimum Gasteiger partial charge on any atom is -0.349 e. The van der Waals surface area contributed by atoms with E-state index in [4.69, 9.17) is 34.8 Å². The van der Waals surface area contributed by atoms with E-state index in [1.807, 2.05) is 6.92 Å². The summed E-state index contributed by atoms with van der Waals surface area (Å²) in [6, 6.07) is 10.9. The number of rotatable bonds is 5. The van der Waals surface area contributed by atoms with Crippen molar-refractivity contribution in [2.75, 3.05) is 5.32 Å². The van der Waals surface area contributed by atoms with Crippen LogP contribution in [0.3, 0.4) is 0 Å². The number of amides is 2. The fraction of sp³-hybridized carbons (Fsp3) is 0.174. The highest BCUT2D eigenvalue weighted by atomic mass is 35.5. The molecule has 2 N–H and O–H groups in total. The number of nitrogens with one attached hydrogen (secondary N) is 2. The van der Waals surface area contributed by atoms with Crippen molar-refractivity contribution in [3.8, 4) is 5.69 Å². The van der Waals surface area contributed by atoms with Crippen LogP contribution in [0.15, 0.2) is 53.5 Å². The zero-order chi connectivity index (χ0) is 23.0. The quantitative estimate of drug-likeness (QED) is 0.512. The Bertz CT molecular complexity index is 1280. The van der Waals surface area contributed by atoms with Crippen LogP contribution in [0.5, 0.6) is 0 Å². The maximum Gasteiger partial charge on any atom is 0.257 e. The van der Waals surface area contributed by atoms with Gasteiger partial charge >= 0.3 is 0 Å². The highest BCUT2D eigenvalue weighted by Crippen LogP contribution is 2.30. The summed E-state index contributed by atoms with van der Waals surface area (Å²) in [5.74, 6) is -0.739. The van der Waals surface area contributed by atoms with Crippen molar-refractivity contribution in [3.63, 3.8) is 0 Å². The zero-order valence-corrected chi connectivity index (χ0v) is 19.2. The van der Waals surface area contributed by atoms with E-state index < -0.39 is 11.5 Å². The second-order valence-electron chi connectivity index (χ2n) is 7.60. The Morgan fingerprint density at radius 1 is 0.906 bits per heavy atom. The van der Waals surface area contributed by atoms with Gasteiger partial charge in [0.25, 0.3) is 17.4 Å². The molecule has 1 heterocycles. The third-order valence-corrected chi connectivity index (χ3v) is 5.87. The van der Waals surface area contributed by atoms with Gasteiger partial charge in [-0.05, 0) is 61.7 Å². The number of aromatic nitrogens is 1. The van der Waals surface area contributed by atoms with Crippen LogP contribution in [0.1, 0.15) is 39.1 Å². The number of nitrogens with zero attached hydrogens (tertiary/aromatic N) is 1. The predicted molar refractivity (Wildman–Crippen MR) is 127 cm³/mol. The Balaban J connectivity index is 1.63. The van der Waals surface area contributed by atoms with E-state index in [0.29, 0.717) is 5.56 Å². The molecule has 6 nitrogen and oxygen atoms in total. The van der Waals surface area contributed by atoms with Crippen LogP contribution in [0.2, 0.25) is 15.1 Å². The molecule has 9 heteroatoms. The SMILES string of the molecule is Cc1cc(Cl)c(-n2cc(C(=O)Nc3cc(C(=O)NC4CC4)ccc3Cl)ccc2=O)c(Cl)c1. The number of hydrogen-bond acceptors (Lipinski definition) is 3. The van der Waals surface area contributed by atoms with Crippen LogP contribution >= 0.6 is 34.8 Å². The van der Waals surface area contributed by atoms with Gasteiger partial charge in [0.1, 0.15) is 0 Å². The van der Waals surface area contributed by atoms with Crippen LogP contribution in [0.25, 0.3) is 5.69 Å². The maximum atomic E-state index is 12.9. The molecule has 2 amide bonds. The lowest BCUT2D eigenvalue weighted by atomic mass is 10.1. The smallest absolute Gasteiger partial charge is 0.257 e. The Labute approximate surface area is 199 Å². The Kier molecular flexibility index (Phi) is 6.29. The molecule has 0 aliphatic heterocycles. The molecule has 0 spiro atoms. The number of aryl methyl sites for hydroxylation is 1. The normalized spacial score (nSPS) is 13.0. The Morgan fingerprint density at radius 3 is 2.22 bits per heavy atom. The Hall–Kier alpha value is -2.80. The summed E-state index contributed by atoms with van der Waals surface area (Å²) < 4.78 is 1.22. The summed E-state index contributed by atoms with van der Waals surface area (Å²) in [5.41, 5.74) is 1.58. The van der Waals surface area contributed by atoms with Gasteiger partial charge < -0.3 is 10.6 Å². The van der Waals surface area contributed by atoms with Crippen molar-refractivity contribution in [3.05, 3.63) is 90.8 Å². The monoisotopic (exact) mass is 489 g/mol. The number of pyridine rings is 1. The van der Waals surface area contributed by atoms with Crippen molar-refractivity contribution in [1.82, 2.24) is 9.88 Å². The molecule has 164 valence electrons. The number of halogens is 3. The summed E-state index contributed by atoms with van der Waals surface area (Å²) in [5, 5.41) is 6.43. The van der Waals surface area contributed by atoms with E-state index in [0.717, 1.165) is 18.4 Å². The van der Waals surface area contributed by atoms with Crippen molar-refractivity contribution in [2.45, 2.75) is 25.8 Å². The minimum atomic E-state index is -0.514. The Morgan fingerprint density at radius 2 is 1.56 bits per heavy atom. The van der Waals surface area contributed by atoms with Gasteiger partial charge in [-0.15, -0.1) is 0 Å². The van der Waals surface area contributed by atoms with E-state index in [1.165, 1.54) is 29.0 Å². The first-order valence-corrected chi connectivity index (χ1v) is 11.0. The van der Waals surface area contributed by atoms with Gasteiger partial charge in [0.15, 0.2) is 0 Å². The largest absolute Gasteiger partial charge is 0.349 e. The summed E-state index contributed by atoms with van der Waals surface area (Å²) >= 11 is 18.8. The molecule has 1 aliphatic carbocycles. The van der Waals surface area contributed by atoms with Gasteiger partial charge in [0, 0.05) is 23.9 Å². The van der Waals surface area contributed by atoms with Crippen LogP contribution in [0, 0.1) is 6.92 Å². The maximum absolute atomic E-state index is 12.9. The molecule has 1 saturated carbocycles. The molecule has 3 aromatic rings. The van der Waals surface area contributed by atoms with E-state index in [1.54, 1.807) is 24.3 Å². The summed E-state index contributed by atoms with van der Waals surface area (Å²) in [6.45, 7) is 1.83. The third kappa shape index (κ3) is 4.83. The van der Waals surface area contributed by atoms with E-state index >= 15 is 0 Å². The average Bonchev–Trinajstić information content (AvgIpc) is 3.54. The summed E-state index contributed by atoms with van der Waals surface area (Å²) in [4.78, 5) is 37.7. The number of benzene rings is 2. The van der Waals surface area contributed by atoms with Crippen molar-refractivity contribution >= 4 is 52.3 Å². The fourth-order valence-electron chi connectivity index (χ4n) is 3.17. The van der Waals surface area contributed by atoms with Gasteiger partial charge in [-0.1, -0.05) is 34.8 Å². The van der Waals surface area contributed by atoms with Crippen LogP contribution in [-0.4, -0.2) is 22.4 Å². The average molecular weight is 491 g/mol. The van der Waals surface area contributed by atoms with Crippen molar-refractivity contribution < 1.29 is 9.59 Å². The number of carbonyl (C=O) groups is 2. The van der Waals surface area contributed by atoms with Gasteiger partial charge in [-0.3, -0.25) is 19.0 Å². The highest BCUT2D eigenvalue weighted by molar-refractivity contribution is 6.38. The molecule has 32 heavy (non-hydrogen) atoms. The lowest BCUT2D eigenvalue weighted by Gasteiger charge is -2.13. The van der Waals surface area contributed by atoms with Crippen molar-refractivity contribution in [2.24, 2.45) is 0 Å². The van der Waals surface area contributed by atoms with E-state index in [9.17, 15) is 14.4 Å². The second kappa shape index (κ2) is 8.98. The molecule has 0 saturated heterocycles. The first-order chi connectivity index (χ1) is 15.2. The van der Waals surface area contributed by atoms with E-state index in [2.05, 4.69) is 10.6 Å². The molecular formula is C23H18Cl3N3O3. The molecule has 1 aliphatic rings. The second-order valence-corrected chi connectivity index (χ2v) is 8.82. The van der Waals surface area contributed by atoms with Gasteiger partial charge in [0.2, 0.25) is 0 Å². The molecule has 4 rings (SSSR count). The van der Waals surface area contributed by atoms with Crippen LogP contribution in [-0.2, 0) is 0 Å². The number of anilines is 1. The first-order valence-electron chi connectivity index (χ1n) is 9.83. The van der Waals surface area contributed by atoms with Gasteiger partial charge in [-0.25, -0.2) is 0 Å². The van der Waals surface area contributed by atoms with Crippen LogP contribution < -0.4 is 16.2 Å². The fourth-order valence-corrected chi connectivity index (χ4v) is 4.11. The molecule has 0 radical (unpaired) electrons. The van der Waals surface area contributed by atoms with Gasteiger partial charge in [-0.2, -0.15) is 0 Å². The molecule has 1 aromatic heterocycles. The molecule has 0 bridgehead atoms. The zero-order valence-electron chi connectivity index (χ0n) is 16.9. The summed E-state index contributed by atoms with van der Waals surface area (Å²) in [7, 11) is 0. The molecular weight excluding hydrogens is 473 g/mol. The topological polar surface area (TPSA) is 80.2 Å². The lowest BCUT2D eigenvalue weighted by Crippen LogP contribution is -2.25. The minimum absolute atomic E-state index is 0.182. The standard InChI is InChI=1S/C23H18Cl3N3O3/c1-12-8-17(25)21(18(26)9-12)29-11-14(3-7-20(29)30)23(32)28-19-10-13(2-6-16(19)24)22(31)27-15-4-5-15/h2-3,6-11,15H,4-5H2,1H3,(H,27,31)(H,28,32). The molecule has 0 unspecified atom stereocenters.